The number of carbonyl (C=O) groups is 2. The Bertz CT molecular complexity index is 422. The fraction of sp³-hybridized carbons (Fsp3) is 0.692. The molecule has 0 aromatic rings. The van der Waals surface area contributed by atoms with Gasteiger partial charge in [0.2, 0.25) is 12.3 Å². The van der Waals surface area contributed by atoms with E-state index in [0.717, 1.165) is 12.8 Å². The highest BCUT2D eigenvalue weighted by Gasteiger charge is 2.33. The summed E-state index contributed by atoms with van der Waals surface area (Å²) in [6, 6.07) is 0. The number of likely N-dealkylation sites (tertiary alicyclic amines) is 1. The molecule has 2 heterocycles. The minimum Gasteiger partial charge on any atom is -0.345 e. The van der Waals surface area contributed by atoms with E-state index in [-0.39, 0.29) is 11.3 Å². The van der Waals surface area contributed by atoms with Crippen LogP contribution in [0.2, 0.25) is 0 Å². The van der Waals surface area contributed by atoms with Crippen molar-refractivity contribution >= 4 is 24.2 Å². The highest BCUT2D eigenvalue weighted by atomic mass is 32.2. The number of hydrogen-bond acceptors (Lipinski definition) is 4. The Hall–Kier alpha value is -1.17. The van der Waals surface area contributed by atoms with Crippen LogP contribution in [0.4, 0.5) is 0 Å². The number of hydrogen-bond donors (Lipinski definition) is 0. The minimum absolute atomic E-state index is 0.0213. The second-order valence-electron chi connectivity index (χ2n) is 5.47. The van der Waals surface area contributed by atoms with Gasteiger partial charge in [-0.3, -0.25) is 9.59 Å². The fourth-order valence-corrected chi connectivity index (χ4v) is 2.90. The Balaban J connectivity index is 1.93. The molecule has 2 aliphatic heterocycles. The molecule has 0 unspecified atom stereocenters. The van der Waals surface area contributed by atoms with Crippen molar-refractivity contribution < 1.29 is 11.0 Å². The van der Waals surface area contributed by atoms with Crippen LogP contribution < -0.4 is 0 Å². The van der Waals surface area contributed by atoms with Gasteiger partial charge in [0.15, 0.2) is 0 Å². The van der Waals surface area contributed by atoms with Crippen molar-refractivity contribution in [3.8, 4) is 0 Å². The van der Waals surface area contributed by atoms with E-state index in [2.05, 4.69) is 6.92 Å². The summed E-state index contributed by atoms with van der Waals surface area (Å²) in [7, 11) is 0. The first-order valence-electron chi connectivity index (χ1n) is 6.98. The van der Waals surface area contributed by atoms with Gasteiger partial charge in [-0.2, -0.15) is 0 Å². The molecule has 2 aliphatic rings. The molecule has 0 atom stereocenters. The molecular weight excluding hydrogens is 262 g/mol. The van der Waals surface area contributed by atoms with Crippen molar-refractivity contribution in [1.82, 2.24) is 14.1 Å². The molecule has 0 aliphatic carbocycles. The summed E-state index contributed by atoms with van der Waals surface area (Å²) in [5.74, 6) is 0.113. The normalized spacial score (nSPS) is 23.6. The van der Waals surface area contributed by atoms with Gasteiger partial charge in [-0.15, -0.1) is 0 Å². The Morgan fingerprint density at radius 3 is 2.68 bits per heavy atom. The molecule has 0 aromatic heterocycles. The van der Waals surface area contributed by atoms with E-state index in [0.29, 0.717) is 26.2 Å². The largest absolute Gasteiger partial charge is 0.345 e. The Morgan fingerprint density at radius 2 is 2.16 bits per heavy atom. The molecule has 0 radical (unpaired) electrons. The summed E-state index contributed by atoms with van der Waals surface area (Å²) in [6.07, 6.45) is 6.79. The summed E-state index contributed by atoms with van der Waals surface area (Å²) >= 11 is 1.53. The number of rotatable bonds is 3. The fourth-order valence-electron chi connectivity index (χ4n) is 2.49. The number of carbonyl (C=O) groups excluding carboxylic acids is 2. The van der Waals surface area contributed by atoms with E-state index in [9.17, 15) is 9.59 Å². The first-order valence-corrected chi connectivity index (χ1v) is 7.66. The maximum atomic E-state index is 12.1. The number of amides is 2. The SMILES string of the molecule is [3H]C(=O)N1CCC(C)(CN2C=CN(SC)CC2=O)CC1. The molecule has 1 saturated heterocycles. The smallest absolute Gasteiger partial charge is 0.247 e. The van der Waals surface area contributed by atoms with E-state index < -0.39 is 6.39 Å². The van der Waals surface area contributed by atoms with Crippen LogP contribution in [0.1, 0.15) is 21.1 Å². The van der Waals surface area contributed by atoms with Crippen LogP contribution >= 0.6 is 11.9 Å². The zero-order valence-electron chi connectivity index (χ0n) is 12.5. The molecule has 5 nitrogen and oxygen atoms in total. The van der Waals surface area contributed by atoms with Crippen LogP contribution in [-0.2, 0) is 9.59 Å². The van der Waals surface area contributed by atoms with Crippen molar-refractivity contribution in [3.63, 3.8) is 0 Å². The molecule has 0 N–H and O–H groups in total. The quantitative estimate of drug-likeness (QED) is 0.576. The van der Waals surface area contributed by atoms with E-state index in [1.165, 1.54) is 11.9 Å². The van der Waals surface area contributed by atoms with Crippen LogP contribution in [0.15, 0.2) is 12.4 Å². The predicted molar refractivity (Wildman–Crippen MR) is 76.1 cm³/mol. The van der Waals surface area contributed by atoms with E-state index in [1.807, 2.05) is 23.0 Å². The van der Waals surface area contributed by atoms with E-state index in [1.54, 1.807) is 9.80 Å². The van der Waals surface area contributed by atoms with Gasteiger partial charge in [0, 0.05) is 38.3 Å². The molecule has 6 heteroatoms. The lowest BCUT2D eigenvalue weighted by Gasteiger charge is -2.41. The molecule has 0 bridgehead atoms. The summed E-state index contributed by atoms with van der Waals surface area (Å²) in [4.78, 5) is 26.5. The van der Waals surface area contributed by atoms with Crippen LogP contribution in [0.3, 0.4) is 0 Å². The van der Waals surface area contributed by atoms with Crippen molar-refractivity contribution in [2.45, 2.75) is 19.8 Å². The molecule has 19 heavy (non-hydrogen) atoms. The maximum Gasteiger partial charge on any atom is 0.247 e. The average Bonchev–Trinajstić information content (AvgIpc) is 2.41. The molecule has 0 saturated carbocycles. The van der Waals surface area contributed by atoms with Gasteiger partial charge in [-0.05, 0) is 18.3 Å². The molecule has 0 aromatic carbocycles. The first kappa shape index (κ1) is 12.8. The summed E-state index contributed by atoms with van der Waals surface area (Å²) in [5.41, 5.74) is 0.0213. The molecule has 2 rings (SSSR count). The monoisotopic (exact) mass is 285 g/mol. The zero-order chi connectivity index (χ0) is 14.8. The van der Waals surface area contributed by atoms with Gasteiger partial charge in [-0.25, -0.2) is 0 Å². The maximum absolute atomic E-state index is 12.1. The second kappa shape index (κ2) is 5.86. The lowest BCUT2D eigenvalue weighted by atomic mass is 9.80. The molecule has 1 fully saturated rings. The van der Waals surface area contributed by atoms with Crippen molar-refractivity contribution in [1.29, 1.82) is 0 Å². The van der Waals surface area contributed by atoms with Crippen LogP contribution in [0.25, 0.3) is 0 Å². The van der Waals surface area contributed by atoms with Crippen molar-refractivity contribution in [3.05, 3.63) is 12.4 Å². The molecule has 2 amide bonds. The van der Waals surface area contributed by atoms with Crippen LogP contribution in [-0.4, -0.2) is 58.8 Å². The van der Waals surface area contributed by atoms with Crippen molar-refractivity contribution in [2.75, 3.05) is 32.4 Å². The lowest BCUT2D eigenvalue weighted by molar-refractivity contribution is -0.131. The minimum atomic E-state index is -0.600. The first-order chi connectivity index (χ1) is 9.43. The van der Waals surface area contributed by atoms with Gasteiger partial charge in [-0.1, -0.05) is 18.9 Å². The highest BCUT2D eigenvalue weighted by Crippen LogP contribution is 2.32. The lowest BCUT2D eigenvalue weighted by Crippen LogP contribution is -2.47. The van der Waals surface area contributed by atoms with Gasteiger partial charge < -0.3 is 14.1 Å². The summed E-state index contributed by atoms with van der Waals surface area (Å²) < 4.78 is 9.04. The highest BCUT2D eigenvalue weighted by molar-refractivity contribution is 7.96. The van der Waals surface area contributed by atoms with Crippen LogP contribution in [0.5, 0.6) is 0 Å². The van der Waals surface area contributed by atoms with Crippen LogP contribution in [0, 0.1) is 5.41 Å². The number of piperidine rings is 1. The summed E-state index contributed by atoms with van der Waals surface area (Å²) in [5, 5.41) is 0. The standard InChI is InChI=1S/C13H21N3O2S/c1-13(3-5-14(11-17)6-4-13)10-15-7-8-16(19-2)9-12(15)18/h7-8,11H,3-6,9-10H2,1-2H3/i11T. The van der Waals surface area contributed by atoms with Gasteiger partial charge in [0.05, 0.1) is 0 Å². The number of nitrogens with zero attached hydrogens (tertiary/aromatic N) is 3. The Morgan fingerprint density at radius 1 is 1.47 bits per heavy atom. The topological polar surface area (TPSA) is 43.9 Å². The third-order valence-corrected chi connectivity index (χ3v) is 4.63. The van der Waals surface area contributed by atoms with E-state index in [4.69, 9.17) is 1.37 Å². The average molecular weight is 285 g/mol. The van der Waals surface area contributed by atoms with Gasteiger partial charge >= 0.3 is 0 Å². The molecule has 106 valence electrons. The third kappa shape index (κ3) is 3.43. The second-order valence-corrected chi connectivity index (χ2v) is 6.30. The Kier molecular flexibility index (Phi) is 3.96. The van der Waals surface area contributed by atoms with E-state index >= 15 is 0 Å². The zero-order valence-corrected chi connectivity index (χ0v) is 12.3. The molecule has 0 spiro atoms. The van der Waals surface area contributed by atoms with Gasteiger partial charge in [0.1, 0.15) is 7.92 Å². The third-order valence-electron chi connectivity index (χ3n) is 3.91. The summed E-state index contributed by atoms with van der Waals surface area (Å²) in [6.45, 7) is 4.47. The van der Waals surface area contributed by atoms with Crippen molar-refractivity contribution in [2.24, 2.45) is 5.41 Å². The Labute approximate surface area is 120 Å². The van der Waals surface area contributed by atoms with Gasteiger partial charge in [0.25, 0.3) is 0 Å². The predicted octanol–water partition coefficient (Wildman–Crippen LogP) is 1.14. The molecular formula is C13H21N3O2S.